The van der Waals surface area contributed by atoms with Gasteiger partial charge in [-0.2, -0.15) is 9.41 Å². The van der Waals surface area contributed by atoms with Crippen LogP contribution in [0.4, 0.5) is 0 Å². The number of sulfonamides is 1. The van der Waals surface area contributed by atoms with E-state index in [1.807, 2.05) is 0 Å². The Hall–Kier alpha value is -2.23. The van der Waals surface area contributed by atoms with Gasteiger partial charge in [-0.05, 0) is 42.0 Å². The molecule has 0 saturated carbocycles. The van der Waals surface area contributed by atoms with Crippen LogP contribution in [0.15, 0.2) is 87.3 Å². The third-order valence-corrected chi connectivity index (χ3v) is 7.42. The lowest BCUT2D eigenvalue weighted by Gasteiger charge is -2.22. The summed E-state index contributed by atoms with van der Waals surface area (Å²) in [6, 6.07) is 20.0. The first kappa shape index (κ1) is 24.4. The predicted molar refractivity (Wildman–Crippen MR) is 130 cm³/mol. The number of carbonyl (C=O) groups excluding carboxylic acids is 1. The lowest BCUT2D eigenvalue weighted by Crippen LogP contribution is -2.39. The Balaban J connectivity index is 1.82. The molecule has 0 aliphatic heterocycles. The molecule has 0 aliphatic rings. The van der Waals surface area contributed by atoms with Gasteiger partial charge in [0.25, 0.3) is 5.91 Å². The first-order valence-electron chi connectivity index (χ1n) is 9.33. The van der Waals surface area contributed by atoms with E-state index in [-0.39, 0.29) is 11.4 Å². The van der Waals surface area contributed by atoms with Crippen LogP contribution in [0.1, 0.15) is 11.1 Å². The van der Waals surface area contributed by atoms with E-state index in [0.29, 0.717) is 21.2 Å². The van der Waals surface area contributed by atoms with Crippen molar-refractivity contribution in [1.82, 2.24) is 9.73 Å². The van der Waals surface area contributed by atoms with E-state index in [9.17, 15) is 13.2 Å². The van der Waals surface area contributed by atoms with Crippen molar-refractivity contribution in [2.24, 2.45) is 5.10 Å². The molecule has 166 valence electrons. The van der Waals surface area contributed by atoms with Gasteiger partial charge in [0.2, 0.25) is 10.0 Å². The zero-order valence-corrected chi connectivity index (χ0v) is 20.5. The minimum Gasteiger partial charge on any atom is -0.272 e. The molecule has 32 heavy (non-hydrogen) atoms. The van der Waals surface area contributed by atoms with Crippen molar-refractivity contribution < 1.29 is 13.2 Å². The summed E-state index contributed by atoms with van der Waals surface area (Å²) >= 11 is 15.6. The standard InChI is InChI=1S/C22H18BrCl2N3O3S/c23-18-9-11-19(12-10-18)32(30,31)28(14-17-6-2-4-8-21(17)25)15-22(29)27-26-13-16-5-1-3-7-20(16)24/h1-13H,14-15H2,(H,27,29)/b26-13+. The van der Waals surface area contributed by atoms with E-state index in [0.717, 1.165) is 8.78 Å². The van der Waals surface area contributed by atoms with E-state index >= 15 is 0 Å². The summed E-state index contributed by atoms with van der Waals surface area (Å²) in [5.41, 5.74) is 3.53. The molecular formula is C22H18BrCl2N3O3S. The first-order chi connectivity index (χ1) is 15.3. The number of hydrogen-bond donors (Lipinski definition) is 1. The molecule has 3 aromatic carbocycles. The van der Waals surface area contributed by atoms with Gasteiger partial charge in [-0.15, -0.1) is 0 Å². The number of hydrazone groups is 1. The normalized spacial score (nSPS) is 11.8. The summed E-state index contributed by atoms with van der Waals surface area (Å²) in [5, 5.41) is 4.76. The topological polar surface area (TPSA) is 78.8 Å². The fourth-order valence-corrected chi connectivity index (χ4v) is 4.77. The number of nitrogens with zero attached hydrogens (tertiary/aromatic N) is 2. The smallest absolute Gasteiger partial charge is 0.255 e. The van der Waals surface area contributed by atoms with Crippen LogP contribution >= 0.6 is 39.1 Å². The number of amides is 1. The zero-order chi connectivity index (χ0) is 23.1. The second-order valence-electron chi connectivity index (χ2n) is 6.63. The number of benzene rings is 3. The highest BCUT2D eigenvalue weighted by Crippen LogP contribution is 2.23. The van der Waals surface area contributed by atoms with Crippen molar-refractivity contribution in [1.29, 1.82) is 0 Å². The SMILES string of the molecule is O=C(CN(Cc1ccccc1Cl)S(=O)(=O)c1ccc(Br)cc1)N/N=C/c1ccccc1Cl. The average molecular weight is 555 g/mol. The maximum atomic E-state index is 13.3. The summed E-state index contributed by atoms with van der Waals surface area (Å²) in [6.45, 7) is -0.538. The van der Waals surface area contributed by atoms with Crippen molar-refractivity contribution in [2.75, 3.05) is 6.54 Å². The molecule has 0 unspecified atom stereocenters. The molecule has 10 heteroatoms. The summed E-state index contributed by atoms with van der Waals surface area (Å²) in [5.74, 6) is -0.610. The predicted octanol–water partition coefficient (Wildman–Crippen LogP) is 5.10. The van der Waals surface area contributed by atoms with Crippen molar-refractivity contribution in [3.8, 4) is 0 Å². The molecule has 0 aliphatic carbocycles. The second kappa shape index (κ2) is 11.1. The average Bonchev–Trinajstić information content (AvgIpc) is 2.76. The molecule has 0 aromatic heterocycles. The monoisotopic (exact) mass is 553 g/mol. The molecule has 1 N–H and O–H groups in total. The maximum Gasteiger partial charge on any atom is 0.255 e. The van der Waals surface area contributed by atoms with Gasteiger partial charge in [-0.1, -0.05) is 75.5 Å². The fourth-order valence-electron chi connectivity index (χ4n) is 2.75. The molecule has 0 radical (unpaired) electrons. The summed E-state index contributed by atoms with van der Waals surface area (Å²) in [4.78, 5) is 12.6. The van der Waals surface area contributed by atoms with E-state index in [1.165, 1.54) is 18.3 Å². The summed E-state index contributed by atoms with van der Waals surface area (Å²) in [6.07, 6.45) is 1.39. The molecule has 6 nitrogen and oxygen atoms in total. The summed E-state index contributed by atoms with van der Waals surface area (Å²) < 4.78 is 28.3. The van der Waals surface area contributed by atoms with Crippen molar-refractivity contribution in [2.45, 2.75) is 11.4 Å². The third kappa shape index (κ3) is 6.40. The largest absolute Gasteiger partial charge is 0.272 e. The van der Waals surface area contributed by atoms with E-state index in [1.54, 1.807) is 60.7 Å². The van der Waals surface area contributed by atoms with Gasteiger partial charge in [0.15, 0.2) is 0 Å². The molecule has 0 heterocycles. The van der Waals surface area contributed by atoms with Gasteiger partial charge in [0, 0.05) is 26.6 Å². The van der Waals surface area contributed by atoms with Gasteiger partial charge in [-0.25, -0.2) is 13.8 Å². The molecule has 3 rings (SSSR count). The quantitative estimate of drug-likeness (QED) is 0.311. The van der Waals surface area contributed by atoms with Gasteiger partial charge < -0.3 is 0 Å². The minimum atomic E-state index is -3.99. The Bertz CT molecular complexity index is 1240. The lowest BCUT2D eigenvalue weighted by molar-refractivity contribution is -0.121. The lowest BCUT2D eigenvalue weighted by atomic mass is 10.2. The van der Waals surface area contributed by atoms with E-state index in [2.05, 4.69) is 26.5 Å². The fraction of sp³-hybridized carbons (Fsp3) is 0.0909. The number of carbonyl (C=O) groups is 1. The molecule has 1 amide bonds. The highest BCUT2D eigenvalue weighted by Gasteiger charge is 2.27. The molecule has 3 aromatic rings. The van der Waals surface area contributed by atoms with E-state index in [4.69, 9.17) is 23.2 Å². The van der Waals surface area contributed by atoms with Crippen molar-refractivity contribution in [3.05, 3.63) is 98.4 Å². The molecule has 0 atom stereocenters. The van der Waals surface area contributed by atoms with Crippen LogP contribution in [0.5, 0.6) is 0 Å². The Morgan fingerprint density at radius 2 is 1.59 bits per heavy atom. The highest BCUT2D eigenvalue weighted by atomic mass is 79.9. The first-order valence-corrected chi connectivity index (χ1v) is 12.3. The number of nitrogens with one attached hydrogen (secondary N) is 1. The molecule has 0 saturated heterocycles. The van der Waals surface area contributed by atoms with Crippen LogP contribution in [-0.4, -0.2) is 31.4 Å². The van der Waals surface area contributed by atoms with Crippen LogP contribution in [0, 0.1) is 0 Å². The van der Waals surface area contributed by atoms with Crippen molar-refractivity contribution >= 4 is 61.3 Å². The van der Waals surface area contributed by atoms with Crippen molar-refractivity contribution in [3.63, 3.8) is 0 Å². The third-order valence-electron chi connectivity index (χ3n) is 4.37. The Morgan fingerprint density at radius 3 is 2.25 bits per heavy atom. The number of hydrogen-bond acceptors (Lipinski definition) is 4. The maximum absolute atomic E-state index is 13.3. The number of rotatable bonds is 8. The second-order valence-corrected chi connectivity index (χ2v) is 10.3. The molecule has 0 bridgehead atoms. The van der Waals surface area contributed by atoms with Crippen LogP contribution in [0.25, 0.3) is 0 Å². The molecule has 0 fully saturated rings. The Kier molecular flexibility index (Phi) is 8.44. The van der Waals surface area contributed by atoms with E-state index < -0.39 is 22.5 Å². The molecular weight excluding hydrogens is 537 g/mol. The van der Waals surface area contributed by atoms with Crippen LogP contribution < -0.4 is 5.43 Å². The van der Waals surface area contributed by atoms with Crippen LogP contribution in [0.2, 0.25) is 10.0 Å². The van der Waals surface area contributed by atoms with Gasteiger partial charge in [0.1, 0.15) is 0 Å². The van der Waals surface area contributed by atoms with Crippen LogP contribution in [-0.2, 0) is 21.4 Å². The van der Waals surface area contributed by atoms with Crippen LogP contribution in [0.3, 0.4) is 0 Å². The highest BCUT2D eigenvalue weighted by molar-refractivity contribution is 9.10. The Morgan fingerprint density at radius 1 is 0.969 bits per heavy atom. The number of halogens is 3. The minimum absolute atomic E-state index is 0.0557. The summed E-state index contributed by atoms with van der Waals surface area (Å²) in [7, 11) is -3.99. The molecule has 0 spiro atoms. The van der Waals surface area contributed by atoms with Gasteiger partial charge in [0.05, 0.1) is 17.7 Å². The van der Waals surface area contributed by atoms with Gasteiger partial charge in [-0.3, -0.25) is 4.79 Å². The zero-order valence-electron chi connectivity index (χ0n) is 16.6. The van der Waals surface area contributed by atoms with Gasteiger partial charge >= 0.3 is 0 Å². The Labute approximate surface area is 205 Å².